The van der Waals surface area contributed by atoms with Gasteiger partial charge in [-0.2, -0.15) is 0 Å². The van der Waals surface area contributed by atoms with Crippen LogP contribution in [0.1, 0.15) is 38.8 Å². The van der Waals surface area contributed by atoms with E-state index in [-0.39, 0.29) is 11.9 Å². The van der Waals surface area contributed by atoms with E-state index in [0.717, 1.165) is 24.2 Å². The van der Waals surface area contributed by atoms with Gasteiger partial charge in [-0.25, -0.2) is 0 Å². The molecule has 0 fully saturated rings. The Morgan fingerprint density at radius 1 is 1.44 bits per heavy atom. The molecular formula is C14H20N2OS. The molecule has 2 rings (SSSR count). The highest BCUT2D eigenvalue weighted by molar-refractivity contribution is 7.99. The Balaban J connectivity index is 2.19. The number of rotatable bonds is 5. The van der Waals surface area contributed by atoms with Gasteiger partial charge >= 0.3 is 0 Å². The van der Waals surface area contributed by atoms with Gasteiger partial charge in [0.2, 0.25) is 5.91 Å². The second kappa shape index (κ2) is 5.76. The van der Waals surface area contributed by atoms with E-state index < -0.39 is 0 Å². The molecule has 0 spiro atoms. The zero-order valence-electron chi connectivity index (χ0n) is 11.1. The molecule has 1 aliphatic rings. The SMILES string of the molecule is CCNC1C(=O)Nc2cc(SC(C)CC)ccc21. The molecular weight excluding hydrogens is 244 g/mol. The van der Waals surface area contributed by atoms with Crippen LogP contribution in [0.4, 0.5) is 5.69 Å². The lowest BCUT2D eigenvalue weighted by Crippen LogP contribution is -2.27. The number of hydrogen-bond donors (Lipinski definition) is 2. The summed E-state index contributed by atoms with van der Waals surface area (Å²) in [5, 5.41) is 6.75. The zero-order valence-corrected chi connectivity index (χ0v) is 11.9. The Hall–Kier alpha value is -1.00. The van der Waals surface area contributed by atoms with Crippen LogP contribution in [0.15, 0.2) is 23.1 Å². The van der Waals surface area contributed by atoms with Crippen molar-refractivity contribution in [1.82, 2.24) is 5.32 Å². The van der Waals surface area contributed by atoms with E-state index in [1.807, 2.05) is 18.7 Å². The Kier molecular flexibility index (Phi) is 4.30. The molecule has 18 heavy (non-hydrogen) atoms. The third-order valence-electron chi connectivity index (χ3n) is 3.18. The fourth-order valence-electron chi connectivity index (χ4n) is 2.04. The number of carbonyl (C=O) groups is 1. The number of thioether (sulfide) groups is 1. The minimum absolute atomic E-state index is 0.0533. The van der Waals surface area contributed by atoms with Crippen molar-refractivity contribution in [3.8, 4) is 0 Å². The number of nitrogens with one attached hydrogen (secondary N) is 2. The first-order valence-electron chi connectivity index (χ1n) is 6.50. The van der Waals surface area contributed by atoms with Gasteiger partial charge < -0.3 is 10.6 Å². The Morgan fingerprint density at radius 2 is 2.22 bits per heavy atom. The van der Waals surface area contributed by atoms with Crippen molar-refractivity contribution in [2.45, 2.75) is 43.4 Å². The summed E-state index contributed by atoms with van der Waals surface area (Å²) < 4.78 is 0. The molecule has 0 saturated heterocycles. The van der Waals surface area contributed by atoms with Gasteiger partial charge in [0, 0.05) is 21.4 Å². The lowest BCUT2D eigenvalue weighted by molar-refractivity contribution is -0.117. The van der Waals surface area contributed by atoms with E-state index in [4.69, 9.17) is 0 Å². The maximum atomic E-state index is 11.8. The third kappa shape index (κ3) is 2.70. The number of anilines is 1. The minimum Gasteiger partial charge on any atom is -0.324 e. The monoisotopic (exact) mass is 264 g/mol. The van der Waals surface area contributed by atoms with E-state index in [1.54, 1.807) is 0 Å². The highest BCUT2D eigenvalue weighted by Crippen LogP contribution is 2.35. The smallest absolute Gasteiger partial charge is 0.246 e. The van der Waals surface area contributed by atoms with E-state index in [0.29, 0.717) is 5.25 Å². The van der Waals surface area contributed by atoms with Crippen LogP contribution in [0.25, 0.3) is 0 Å². The number of hydrogen-bond acceptors (Lipinski definition) is 3. The highest BCUT2D eigenvalue weighted by atomic mass is 32.2. The van der Waals surface area contributed by atoms with Crippen molar-refractivity contribution >= 4 is 23.4 Å². The molecule has 0 radical (unpaired) electrons. The maximum absolute atomic E-state index is 11.8. The normalized spacial score (nSPS) is 19.5. The van der Waals surface area contributed by atoms with Crippen LogP contribution in [-0.2, 0) is 4.79 Å². The first-order valence-corrected chi connectivity index (χ1v) is 7.38. The molecule has 3 nitrogen and oxygen atoms in total. The molecule has 0 bridgehead atoms. The molecule has 1 aromatic carbocycles. The summed E-state index contributed by atoms with van der Waals surface area (Å²) in [6.07, 6.45) is 1.15. The summed E-state index contributed by atoms with van der Waals surface area (Å²) in [4.78, 5) is 13.1. The lowest BCUT2D eigenvalue weighted by atomic mass is 10.1. The second-order valence-corrected chi connectivity index (χ2v) is 6.08. The summed E-state index contributed by atoms with van der Waals surface area (Å²) in [6.45, 7) is 7.21. The van der Waals surface area contributed by atoms with Gasteiger partial charge in [0.1, 0.15) is 6.04 Å². The van der Waals surface area contributed by atoms with Crippen LogP contribution < -0.4 is 10.6 Å². The van der Waals surface area contributed by atoms with Crippen LogP contribution in [0, 0.1) is 0 Å². The fraction of sp³-hybridized carbons (Fsp3) is 0.500. The van der Waals surface area contributed by atoms with Crippen molar-refractivity contribution in [3.05, 3.63) is 23.8 Å². The first kappa shape index (κ1) is 13.4. The largest absolute Gasteiger partial charge is 0.324 e. The predicted octanol–water partition coefficient (Wildman–Crippen LogP) is 3.18. The number of amides is 1. The summed E-state index contributed by atoms with van der Waals surface area (Å²) >= 11 is 1.85. The summed E-state index contributed by atoms with van der Waals surface area (Å²) in [6, 6.07) is 6.07. The Morgan fingerprint density at radius 3 is 2.89 bits per heavy atom. The zero-order chi connectivity index (χ0) is 13.1. The fourth-order valence-corrected chi connectivity index (χ4v) is 3.00. The second-order valence-electron chi connectivity index (χ2n) is 4.57. The summed E-state index contributed by atoms with van der Waals surface area (Å²) in [5.74, 6) is 0.0533. The number of likely N-dealkylation sites (N-methyl/N-ethyl adjacent to an activating group) is 1. The molecule has 4 heteroatoms. The van der Waals surface area contributed by atoms with Crippen LogP contribution in [0.2, 0.25) is 0 Å². The number of carbonyl (C=O) groups excluding carboxylic acids is 1. The van der Waals surface area contributed by atoms with Crippen molar-refractivity contribution in [2.24, 2.45) is 0 Å². The van der Waals surface area contributed by atoms with Gasteiger partial charge in [0.25, 0.3) is 0 Å². The van der Waals surface area contributed by atoms with Gasteiger partial charge in [-0.05, 0) is 25.1 Å². The lowest BCUT2D eigenvalue weighted by Gasteiger charge is -2.11. The molecule has 2 N–H and O–H groups in total. The molecule has 1 aliphatic heterocycles. The Labute approximate surface area is 113 Å². The van der Waals surface area contributed by atoms with E-state index in [9.17, 15) is 4.79 Å². The van der Waals surface area contributed by atoms with Crippen molar-refractivity contribution in [1.29, 1.82) is 0 Å². The molecule has 2 unspecified atom stereocenters. The molecule has 0 aliphatic carbocycles. The molecule has 2 atom stereocenters. The van der Waals surface area contributed by atoms with Gasteiger partial charge in [0.15, 0.2) is 0 Å². The van der Waals surface area contributed by atoms with Crippen LogP contribution in [0.3, 0.4) is 0 Å². The maximum Gasteiger partial charge on any atom is 0.246 e. The number of benzene rings is 1. The standard InChI is InChI=1S/C14H20N2OS/c1-4-9(3)18-10-6-7-11-12(8-10)16-14(17)13(11)15-5-2/h6-9,13,15H,4-5H2,1-3H3,(H,16,17). The average Bonchev–Trinajstić information content (AvgIpc) is 2.66. The molecule has 0 saturated carbocycles. The minimum atomic E-state index is -0.187. The summed E-state index contributed by atoms with van der Waals surface area (Å²) in [7, 11) is 0. The number of fused-ring (bicyclic) bond motifs is 1. The van der Waals surface area contributed by atoms with E-state index in [2.05, 4.69) is 42.7 Å². The third-order valence-corrected chi connectivity index (χ3v) is 4.44. The van der Waals surface area contributed by atoms with Crippen molar-refractivity contribution in [3.63, 3.8) is 0 Å². The van der Waals surface area contributed by atoms with Crippen LogP contribution in [0.5, 0.6) is 0 Å². The highest BCUT2D eigenvalue weighted by Gasteiger charge is 2.29. The van der Waals surface area contributed by atoms with Gasteiger partial charge in [-0.3, -0.25) is 4.79 Å². The summed E-state index contributed by atoms with van der Waals surface area (Å²) in [5.41, 5.74) is 2.02. The molecule has 1 aromatic rings. The van der Waals surface area contributed by atoms with E-state index >= 15 is 0 Å². The molecule has 98 valence electrons. The topological polar surface area (TPSA) is 41.1 Å². The van der Waals surface area contributed by atoms with Crippen LogP contribution >= 0.6 is 11.8 Å². The van der Waals surface area contributed by atoms with Crippen molar-refractivity contribution < 1.29 is 4.79 Å². The van der Waals surface area contributed by atoms with Gasteiger partial charge in [0.05, 0.1) is 0 Å². The van der Waals surface area contributed by atoms with E-state index in [1.165, 1.54) is 4.90 Å². The van der Waals surface area contributed by atoms with Crippen molar-refractivity contribution in [2.75, 3.05) is 11.9 Å². The molecule has 0 aromatic heterocycles. The Bertz CT molecular complexity index is 447. The van der Waals surface area contributed by atoms with Gasteiger partial charge in [-0.15, -0.1) is 11.8 Å². The molecule has 1 heterocycles. The first-order chi connectivity index (χ1) is 8.65. The molecule has 1 amide bonds. The predicted molar refractivity (Wildman–Crippen MR) is 77.1 cm³/mol. The van der Waals surface area contributed by atoms with Gasteiger partial charge in [-0.1, -0.05) is 26.8 Å². The van der Waals surface area contributed by atoms with Crippen LogP contribution in [-0.4, -0.2) is 17.7 Å². The average molecular weight is 264 g/mol. The quantitative estimate of drug-likeness (QED) is 0.803.